The average molecular weight is 472 g/mol. The normalized spacial score (nSPS) is 20.6. The van der Waals surface area contributed by atoms with E-state index >= 15 is 4.39 Å². The van der Waals surface area contributed by atoms with E-state index in [-0.39, 0.29) is 36.1 Å². The summed E-state index contributed by atoms with van der Waals surface area (Å²) in [6.07, 6.45) is -4.66. The van der Waals surface area contributed by atoms with Gasteiger partial charge in [0, 0.05) is 23.7 Å². The zero-order valence-electron chi connectivity index (χ0n) is 18.4. The summed E-state index contributed by atoms with van der Waals surface area (Å²) in [4.78, 5) is 14.0. The monoisotopic (exact) mass is 472 g/mol. The van der Waals surface area contributed by atoms with Crippen molar-refractivity contribution < 1.29 is 36.2 Å². The lowest BCUT2D eigenvalue weighted by molar-refractivity contribution is -0.140. The van der Waals surface area contributed by atoms with E-state index in [4.69, 9.17) is 9.47 Å². The molecule has 0 aromatic heterocycles. The van der Waals surface area contributed by atoms with Crippen LogP contribution in [0.3, 0.4) is 0 Å². The molecule has 180 valence electrons. The Bertz CT molecular complexity index is 1010. The number of rotatable bonds is 3. The second-order valence-electron chi connectivity index (χ2n) is 7.34. The van der Waals surface area contributed by atoms with E-state index < -0.39 is 34.5 Å². The van der Waals surface area contributed by atoms with E-state index in [1.54, 1.807) is 0 Å². The molecule has 4 rings (SSSR count). The fraction of sp³-hybridized carbons (Fsp3) is 0.435. The number of morpholine rings is 1. The van der Waals surface area contributed by atoms with E-state index in [2.05, 4.69) is 5.32 Å². The number of anilines is 1. The Labute approximate surface area is 188 Å². The molecule has 2 fully saturated rings. The molecule has 5 nitrogen and oxygen atoms in total. The van der Waals surface area contributed by atoms with Crippen molar-refractivity contribution in [2.24, 2.45) is 0 Å². The smallest absolute Gasteiger partial charge is 0.419 e. The lowest BCUT2D eigenvalue weighted by atomic mass is 9.96. The predicted molar refractivity (Wildman–Crippen MR) is 113 cm³/mol. The molecule has 0 spiro atoms. The number of halogens is 5. The number of fused-ring (bicyclic) bond motifs is 1. The number of carbonyl (C=O) groups excluding carboxylic acids is 1. The maximum atomic E-state index is 15.1. The lowest BCUT2D eigenvalue weighted by Gasteiger charge is -2.44. The van der Waals surface area contributed by atoms with Crippen molar-refractivity contribution in [1.82, 2.24) is 5.32 Å². The van der Waals surface area contributed by atoms with Gasteiger partial charge in [-0.25, -0.2) is 8.78 Å². The summed E-state index contributed by atoms with van der Waals surface area (Å²) in [6, 6.07) is 4.41. The zero-order valence-corrected chi connectivity index (χ0v) is 18.4. The van der Waals surface area contributed by atoms with Crippen LogP contribution in [0.1, 0.15) is 25.8 Å². The lowest BCUT2D eigenvalue weighted by Crippen LogP contribution is -2.61. The van der Waals surface area contributed by atoms with E-state index in [9.17, 15) is 22.4 Å². The summed E-state index contributed by atoms with van der Waals surface area (Å²) in [6.45, 7) is 4.96. The molecule has 2 saturated heterocycles. The third-order valence-corrected chi connectivity index (χ3v) is 5.54. The number of nitrogens with zero attached hydrogens (tertiary/aromatic N) is 1. The van der Waals surface area contributed by atoms with Gasteiger partial charge in [-0.05, 0) is 25.1 Å². The van der Waals surface area contributed by atoms with Gasteiger partial charge in [0.15, 0.2) is 0 Å². The van der Waals surface area contributed by atoms with Gasteiger partial charge in [-0.1, -0.05) is 26.0 Å². The van der Waals surface area contributed by atoms with Crippen LogP contribution in [-0.4, -0.2) is 44.9 Å². The highest BCUT2D eigenvalue weighted by atomic mass is 19.4. The van der Waals surface area contributed by atoms with Crippen molar-refractivity contribution in [2.75, 3.05) is 31.7 Å². The van der Waals surface area contributed by atoms with Crippen LogP contribution in [-0.2, 0) is 15.7 Å². The minimum atomic E-state index is -4.93. The van der Waals surface area contributed by atoms with Gasteiger partial charge in [0.05, 0.1) is 30.5 Å². The summed E-state index contributed by atoms with van der Waals surface area (Å²) < 4.78 is 79.8. The van der Waals surface area contributed by atoms with Crippen LogP contribution in [0, 0.1) is 11.6 Å². The fourth-order valence-electron chi connectivity index (χ4n) is 4.09. The number of ether oxygens (including phenoxy) is 2. The highest BCUT2D eigenvalue weighted by Gasteiger charge is 2.41. The molecule has 2 atom stereocenters. The zero-order chi connectivity index (χ0) is 24.3. The average Bonchev–Trinajstić information content (AvgIpc) is 2.80. The van der Waals surface area contributed by atoms with Gasteiger partial charge in [0.25, 0.3) is 5.91 Å². The Morgan fingerprint density at radius 3 is 2.55 bits per heavy atom. The van der Waals surface area contributed by atoms with Gasteiger partial charge in [-0.3, -0.25) is 4.79 Å². The largest absolute Gasteiger partial charge is 0.495 e. The van der Waals surface area contributed by atoms with E-state index in [0.29, 0.717) is 25.6 Å². The number of nitrogens with one attached hydrogen (secondary N) is 1. The third-order valence-electron chi connectivity index (χ3n) is 5.54. The molecular weight excluding hydrogens is 447 g/mol. The van der Waals surface area contributed by atoms with Crippen molar-refractivity contribution in [3.63, 3.8) is 0 Å². The summed E-state index contributed by atoms with van der Waals surface area (Å²) in [5, 5.41) is 3.16. The van der Waals surface area contributed by atoms with E-state index in [1.165, 1.54) is 12.0 Å². The first-order valence-electron chi connectivity index (χ1n) is 10.6. The topological polar surface area (TPSA) is 50.8 Å². The van der Waals surface area contributed by atoms with Crippen molar-refractivity contribution in [1.29, 1.82) is 0 Å². The maximum absolute atomic E-state index is 15.1. The highest BCUT2D eigenvalue weighted by molar-refractivity contribution is 5.97. The summed E-state index contributed by atoms with van der Waals surface area (Å²) >= 11 is 0. The summed E-state index contributed by atoms with van der Waals surface area (Å²) in [5.41, 5.74) is -2.31. The Morgan fingerprint density at radius 1 is 1.15 bits per heavy atom. The quantitative estimate of drug-likeness (QED) is 0.654. The predicted octanol–water partition coefficient (Wildman–Crippen LogP) is 4.78. The minimum absolute atomic E-state index is 0.0424. The molecule has 1 amide bonds. The van der Waals surface area contributed by atoms with Gasteiger partial charge >= 0.3 is 6.18 Å². The molecule has 0 bridgehead atoms. The number of hydrogen-bond acceptors (Lipinski definition) is 4. The van der Waals surface area contributed by atoms with Crippen molar-refractivity contribution in [3.05, 3.63) is 47.5 Å². The van der Waals surface area contributed by atoms with Gasteiger partial charge in [0.1, 0.15) is 24.0 Å². The Kier molecular flexibility index (Phi) is 7.58. The Hall–Kier alpha value is -2.72. The molecule has 2 unspecified atom stereocenters. The molecule has 2 aliphatic rings. The van der Waals surface area contributed by atoms with E-state index in [1.807, 2.05) is 13.8 Å². The Morgan fingerprint density at radius 2 is 1.88 bits per heavy atom. The minimum Gasteiger partial charge on any atom is -0.495 e. The van der Waals surface area contributed by atoms with Gasteiger partial charge < -0.3 is 19.7 Å². The molecule has 2 aromatic rings. The molecule has 10 heteroatoms. The van der Waals surface area contributed by atoms with Gasteiger partial charge in [-0.15, -0.1) is 0 Å². The molecule has 0 saturated carbocycles. The molecule has 0 radical (unpaired) electrons. The highest BCUT2D eigenvalue weighted by Crippen LogP contribution is 2.41. The SMILES string of the molecule is CC.COc1cc(-c2cccc(C(F)(F)F)c2F)c(F)cc1N1C(=O)COC2CNCCC21. The van der Waals surface area contributed by atoms with Crippen molar-refractivity contribution in [3.8, 4) is 16.9 Å². The molecular formula is C23H25F5N2O3. The first-order chi connectivity index (χ1) is 15.7. The van der Waals surface area contributed by atoms with Gasteiger partial charge in [-0.2, -0.15) is 13.2 Å². The van der Waals surface area contributed by atoms with Crippen LogP contribution in [0.4, 0.5) is 27.6 Å². The summed E-state index contributed by atoms with van der Waals surface area (Å²) in [5.74, 6) is -2.90. The number of hydrogen-bond donors (Lipinski definition) is 1. The number of amides is 1. The third kappa shape index (κ3) is 4.81. The molecule has 1 N–H and O–H groups in total. The van der Waals surface area contributed by atoms with Crippen LogP contribution >= 0.6 is 0 Å². The molecule has 2 aliphatic heterocycles. The van der Waals surface area contributed by atoms with Crippen LogP contribution in [0.2, 0.25) is 0 Å². The second kappa shape index (κ2) is 10.0. The van der Waals surface area contributed by atoms with Crippen LogP contribution in [0.5, 0.6) is 5.75 Å². The number of benzene rings is 2. The number of piperidine rings is 1. The van der Waals surface area contributed by atoms with Crippen molar-refractivity contribution >= 4 is 11.6 Å². The second-order valence-corrected chi connectivity index (χ2v) is 7.34. The maximum Gasteiger partial charge on any atom is 0.419 e. The first kappa shape index (κ1) is 24.9. The molecule has 2 heterocycles. The molecule has 2 aromatic carbocycles. The van der Waals surface area contributed by atoms with Gasteiger partial charge in [0.2, 0.25) is 0 Å². The van der Waals surface area contributed by atoms with Crippen LogP contribution < -0.4 is 15.0 Å². The standard InChI is InChI=1S/C21H19F5N2O3.C2H6/c1-30-17-7-12(11-3-2-4-13(20(11)23)21(24,25)26)14(22)8-16(17)28-15-5-6-27-9-18(15)31-10-19(28)29;1-2/h2-4,7-8,15,18,27H,5-6,9-10H2,1H3;1-2H3. The molecule has 33 heavy (non-hydrogen) atoms. The number of alkyl halides is 3. The fourth-order valence-corrected chi connectivity index (χ4v) is 4.09. The van der Waals surface area contributed by atoms with E-state index in [0.717, 1.165) is 24.3 Å². The van der Waals surface area contributed by atoms with Crippen molar-refractivity contribution in [2.45, 2.75) is 38.6 Å². The van der Waals surface area contributed by atoms with Crippen LogP contribution in [0.25, 0.3) is 11.1 Å². The van der Waals surface area contributed by atoms with Crippen LogP contribution in [0.15, 0.2) is 30.3 Å². The molecule has 0 aliphatic carbocycles. The first-order valence-corrected chi connectivity index (χ1v) is 10.6. The Balaban J connectivity index is 0.00000149. The number of carbonyl (C=O) groups is 1. The number of methoxy groups -OCH3 is 1. The summed E-state index contributed by atoms with van der Waals surface area (Å²) in [7, 11) is 1.29.